The van der Waals surface area contributed by atoms with Crippen molar-refractivity contribution in [3.63, 3.8) is 0 Å². The minimum absolute atomic E-state index is 0.0398. The molecule has 0 bridgehead atoms. The number of carbonyl (C=O) groups is 1. The average Bonchev–Trinajstić information content (AvgIpc) is 2.64. The van der Waals surface area contributed by atoms with Crippen LogP contribution in [0.1, 0.15) is 23.7 Å². The number of nitrogens with zero attached hydrogens (tertiary/aromatic N) is 2. The molecule has 0 saturated heterocycles. The van der Waals surface area contributed by atoms with E-state index in [9.17, 15) is 4.79 Å². The molecule has 5 nitrogen and oxygen atoms in total. The number of amides is 1. The van der Waals surface area contributed by atoms with Crippen LogP contribution in [0.5, 0.6) is 0 Å². The summed E-state index contributed by atoms with van der Waals surface area (Å²) in [5.41, 5.74) is 4.63. The molecule has 0 spiro atoms. The van der Waals surface area contributed by atoms with Gasteiger partial charge in [-0.15, -0.1) is 0 Å². The van der Waals surface area contributed by atoms with Crippen molar-refractivity contribution in [3.05, 3.63) is 76.2 Å². The number of benzene rings is 2. The van der Waals surface area contributed by atoms with Crippen molar-refractivity contribution in [2.45, 2.75) is 26.7 Å². The van der Waals surface area contributed by atoms with Gasteiger partial charge >= 0.3 is 0 Å². The van der Waals surface area contributed by atoms with Crippen molar-refractivity contribution in [2.24, 2.45) is 0 Å². The summed E-state index contributed by atoms with van der Waals surface area (Å²) in [5, 5.41) is 6.30. The molecule has 1 aromatic heterocycles. The van der Waals surface area contributed by atoms with Crippen LogP contribution in [-0.4, -0.2) is 15.9 Å². The number of halogens is 1. The number of rotatable bonds is 6. The summed E-state index contributed by atoms with van der Waals surface area (Å²) in [7, 11) is 0. The molecule has 0 unspecified atom stereocenters. The topological polar surface area (TPSA) is 66.9 Å². The lowest BCUT2D eigenvalue weighted by molar-refractivity contribution is -0.115. The van der Waals surface area contributed by atoms with Crippen molar-refractivity contribution < 1.29 is 4.79 Å². The number of anilines is 3. The first-order chi connectivity index (χ1) is 13.0. The maximum Gasteiger partial charge on any atom is 0.228 e. The summed E-state index contributed by atoms with van der Waals surface area (Å²) in [6.07, 6.45) is 2.69. The van der Waals surface area contributed by atoms with Gasteiger partial charge in [0.05, 0.1) is 6.42 Å². The van der Waals surface area contributed by atoms with Crippen LogP contribution < -0.4 is 10.6 Å². The lowest BCUT2D eigenvalue weighted by atomic mass is 10.1. The summed E-state index contributed by atoms with van der Waals surface area (Å²) in [5.74, 6) is 0.681. The van der Waals surface area contributed by atoms with Crippen molar-refractivity contribution >= 4 is 39.0 Å². The Morgan fingerprint density at radius 1 is 1.07 bits per heavy atom. The summed E-state index contributed by atoms with van der Waals surface area (Å²) >= 11 is 3.41. The van der Waals surface area contributed by atoms with E-state index >= 15 is 0 Å². The van der Waals surface area contributed by atoms with Gasteiger partial charge in [-0.3, -0.25) is 4.79 Å². The van der Waals surface area contributed by atoms with Gasteiger partial charge in [0, 0.05) is 27.6 Å². The zero-order chi connectivity index (χ0) is 19.2. The smallest absolute Gasteiger partial charge is 0.228 e. The molecule has 0 aliphatic carbocycles. The molecular weight excluding hydrogens is 404 g/mol. The number of nitrogens with one attached hydrogen (secondary N) is 2. The molecule has 0 aliphatic rings. The monoisotopic (exact) mass is 424 g/mol. The molecule has 3 aromatic rings. The van der Waals surface area contributed by atoms with Gasteiger partial charge in [0.1, 0.15) is 12.1 Å². The molecule has 0 aliphatic heterocycles. The molecule has 0 atom stereocenters. The second kappa shape index (κ2) is 8.77. The minimum atomic E-state index is -0.0398. The molecule has 0 saturated carbocycles. The molecule has 0 fully saturated rings. The van der Waals surface area contributed by atoms with Crippen LogP contribution in [0.2, 0.25) is 0 Å². The first-order valence-electron chi connectivity index (χ1n) is 8.76. The van der Waals surface area contributed by atoms with Gasteiger partial charge in [0.2, 0.25) is 5.91 Å². The second-order valence-corrected chi connectivity index (χ2v) is 7.16. The third-order valence-corrected chi connectivity index (χ3v) is 4.65. The summed E-state index contributed by atoms with van der Waals surface area (Å²) < 4.78 is 0.999. The zero-order valence-corrected chi connectivity index (χ0v) is 16.9. The SMILES string of the molecule is CCc1ccc(Nc2cc(C)ncn2)cc1NC(=O)Cc1ccc(Br)cc1. The fourth-order valence-corrected chi connectivity index (χ4v) is 3.00. The Balaban J connectivity index is 1.74. The van der Waals surface area contributed by atoms with Crippen LogP contribution in [0.15, 0.2) is 59.3 Å². The Hall–Kier alpha value is -2.73. The molecule has 2 aromatic carbocycles. The third kappa shape index (κ3) is 5.37. The largest absolute Gasteiger partial charge is 0.340 e. The second-order valence-electron chi connectivity index (χ2n) is 6.25. The molecule has 0 radical (unpaired) electrons. The summed E-state index contributed by atoms with van der Waals surface area (Å²) in [6.45, 7) is 3.99. The van der Waals surface area contributed by atoms with Crippen LogP contribution in [0.25, 0.3) is 0 Å². The fourth-order valence-electron chi connectivity index (χ4n) is 2.73. The van der Waals surface area contributed by atoms with Crippen molar-refractivity contribution in [1.82, 2.24) is 9.97 Å². The van der Waals surface area contributed by atoms with E-state index in [1.807, 2.05) is 55.5 Å². The molecule has 2 N–H and O–H groups in total. The molecule has 1 heterocycles. The minimum Gasteiger partial charge on any atom is -0.340 e. The summed E-state index contributed by atoms with van der Waals surface area (Å²) in [4.78, 5) is 20.8. The van der Waals surface area contributed by atoms with E-state index in [1.165, 1.54) is 6.33 Å². The molecule has 138 valence electrons. The van der Waals surface area contributed by atoms with Gasteiger partial charge in [-0.1, -0.05) is 41.1 Å². The Morgan fingerprint density at radius 2 is 1.85 bits per heavy atom. The maximum atomic E-state index is 12.5. The Labute approximate surface area is 167 Å². The third-order valence-electron chi connectivity index (χ3n) is 4.12. The van der Waals surface area contributed by atoms with Crippen LogP contribution in [0.3, 0.4) is 0 Å². The highest BCUT2D eigenvalue weighted by Gasteiger charge is 2.09. The van der Waals surface area contributed by atoms with E-state index in [4.69, 9.17) is 0 Å². The number of aryl methyl sites for hydroxylation is 2. The van der Waals surface area contributed by atoms with Crippen LogP contribution >= 0.6 is 15.9 Å². The predicted octanol–water partition coefficient (Wildman–Crippen LogP) is 5.03. The van der Waals surface area contributed by atoms with Gasteiger partial charge in [-0.25, -0.2) is 9.97 Å². The first kappa shape index (κ1) is 19.0. The van der Waals surface area contributed by atoms with E-state index < -0.39 is 0 Å². The Morgan fingerprint density at radius 3 is 2.56 bits per heavy atom. The molecule has 6 heteroatoms. The van der Waals surface area contributed by atoms with E-state index in [0.29, 0.717) is 6.42 Å². The van der Waals surface area contributed by atoms with Crippen LogP contribution in [-0.2, 0) is 17.6 Å². The predicted molar refractivity (Wildman–Crippen MR) is 112 cm³/mol. The number of aromatic nitrogens is 2. The van der Waals surface area contributed by atoms with Gasteiger partial charge in [-0.05, 0) is 48.7 Å². The highest BCUT2D eigenvalue weighted by atomic mass is 79.9. The zero-order valence-electron chi connectivity index (χ0n) is 15.3. The van der Waals surface area contributed by atoms with Gasteiger partial charge < -0.3 is 10.6 Å². The quantitative estimate of drug-likeness (QED) is 0.581. The average molecular weight is 425 g/mol. The van der Waals surface area contributed by atoms with Crippen molar-refractivity contribution in [1.29, 1.82) is 0 Å². The van der Waals surface area contributed by atoms with Crippen LogP contribution in [0.4, 0.5) is 17.2 Å². The molecule has 27 heavy (non-hydrogen) atoms. The highest BCUT2D eigenvalue weighted by Crippen LogP contribution is 2.24. The lowest BCUT2D eigenvalue weighted by Crippen LogP contribution is -2.15. The first-order valence-corrected chi connectivity index (χ1v) is 9.55. The Bertz CT molecular complexity index is 941. The Kier molecular flexibility index (Phi) is 6.19. The fraction of sp³-hybridized carbons (Fsp3) is 0.190. The van der Waals surface area contributed by atoms with E-state index in [0.717, 1.165) is 44.9 Å². The summed E-state index contributed by atoms with van der Waals surface area (Å²) in [6, 6.07) is 15.6. The van der Waals surface area contributed by atoms with Gasteiger partial charge in [0.15, 0.2) is 0 Å². The standard InChI is InChI=1S/C21H21BrN4O/c1-3-16-6-9-18(25-20-10-14(2)23-13-24-20)12-19(16)26-21(27)11-15-4-7-17(22)8-5-15/h4-10,12-13H,3,11H2,1-2H3,(H,26,27)(H,23,24,25). The van der Waals surface area contributed by atoms with Crippen LogP contribution in [0, 0.1) is 6.92 Å². The molecule has 1 amide bonds. The maximum absolute atomic E-state index is 12.5. The molecule has 3 rings (SSSR count). The van der Waals surface area contributed by atoms with Gasteiger partial charge in [0.25, 0.3) is 0 Å². The van der Waals surface area contributed by atoms with Crippen molar-refractivity contribution in [3.8, 4) is 0 Å². The highest BCUT2D eigenvalue weighted by molar-refractivity contribution is 9.10. The van der Waals surface area contributed by atoms with E-state index in [2.05, 4.69) is 43.5 Å². The number of hydrogen-bond donors (Lipinski definition) is 2. The van der Waals surface area contributed by atoms with E-state index in [-0.39, 0.29) is 5.91 Å². The van der Waals surface area contributed by atoms with Gasteiger partial charge in [-0.2, -0.15) is 0 Å². The number of carbonyl (C=O) groups excluding carboxylic acids is 1. The molecular formula is C21H21BrN4O. The van der Waals surface area contributed by atoms with Crippen molar-refractivity contribution in [2.75, 3.05) is 10.6 Å². The normalized spacial score (nSPS) is 10.5. The lowest BCUT2D eigenvalue weighted by Gasteiger charge is -2.13. The van der Waals surface area contributed by atoms with E-state index in [1.54, 1.807) is 0 Å². The number of hydrogen-bond acceptors (Lipinski definition) is 4.